The first-order valence-electron chi connectivity index (χ1n) is 12.4. The summed E-state index contributed by atoms with van der Waals surface area (Å²) in [5.74, 6) is -0.566. The minimum atomic E-state index is -4.32. The Labute approximate surface area is 224 Å². The third-order valence-electron chi connectivity index (χ3n) is 6.48. The number of pyridine rings is 1. The van der Waals surface area contributed by atoms with Crippen LogP contribution in [0.5, 0.6) is 0 Å². The smallest absolute Gasteiger partial charge is 0.422 e. The number of carbonyl (C=O) groups excluding carboxylic acids is 1. The van der Waals surface area contributed by atoms with Crippen molar-refractivity contribution >= 4 is 35.4 Å². The van der Waals surface area contributed by atoms with E-state index in [0.29, 0.717) is 29.5 Å². The molecule has 2 heterocycles. The Hall–Kier alpha value is -2.16. The highest BCUT2D eigenvalue weighted by molar-refractivity contribution is 7.88. The van der Waals surface area contributed by atoms with Crippen LogP contribution in [0.25, 0.3) is 10.8 Å². The van der Waals surface area contributed by atoms with Crippen molar-refractivity contribution in [2.45, 2.75) is 77.7 Å². The third-order valence-corrected chi connectivity index (χ3v) is 12.0. The topological polar surface area (TPSA) is 125 Å². The van der Waals surface area contributed by atoms with Gasteiger partial charge in [0.1, 0.15) is 11.4 Å². The van der Waals surface area contributed by atoms with Gasteiger partial charge in [-0.25, -0.2) is 13.9 Å². The molecule has 2 aromatic rings. The molecule has 212 valence electrons. The zero-order chi connectivity index (χ0) is 28.5. The van der Waals surface area contributed by atoms with E-state index in [1.807, 2.05) is 38.6 Å². The molecule has 0 radical (unpaired) electrons. The normalized spacial score (nSPS) is 16.6. The number of benzene rings is 1. The molecule has 1 aliphatic heterocycles. The van der Waals surface area contributed by atoms with E-state index >= 15 is 4.39 Å². The van der Waals surface area contributed by atoms with Crippen LogP contribution < -0.4 is 9.44 Å². The van der Waals surface area contributed by atoms with Gasteiger partial charge in [-0.05, 0) is 62.0 Å². The van der Waals surface area contributed by atoms with Gasteiger partial charge in [-0.3, -0.25) is 4.98 Å². The van der Waals surface area contributed by atoms with Gasteiger partial charge in [0.15, 0.2) is 14.6 Å². The van der Waals surface area contributed by atoms with Crippen LogP contribution in [0.4, 0.5) is 9.18 Å². The monoisotopic (exact) mass is 571 g/mol. The number of nitrogens with zero attached hydrogens (tertiary/aromatic N) is 1. The minimum absolute atomic E-state index is 0.225. The summed E-state index contributed by atoms with van der Waals surface area (Å²) in [6.07, 6.45) is 0.254. The number of hydrogen-bond donors (Lipinski definition) is 2. The van der Waals surface area contributed by atoms with E-state index in [9.17, 15) is 13.2 Å². The Morgan fingerprint density at radius 1 is 1.18 bits per heavy atom. The van der Waals surface area contributed by atoms with Gasteiger partial charge in [-0.15, -0.1) is 0 Å². The zero-order valence-corrected chi connectivity index (χ0v) is 25.0. The number of rotatable bonds is 8. The van der Waals surface area contributed by atoms with Crippen LogP contribution >= 0.6 is 0 Å². The molecule has 1 aromatic carbocycles. The Balaban J connectivity index is 2.01. The van der Waals surface area contributed by atoms with Gasteiger partial charge in [0.05, 0.1) is 24.9 Å². The highest BCUT2D eigenvalue weighted by Gasteiger charge is 2.40. The number of carbonyl (C=O) groups is 1. The molecule has 1 aromatic heterocycles. The lowest BCUT2D eigenvalue weighted by molar-refractivity contribution is -0.0453. The van der Waals surface area contributed by atoms with Gasteiger partial charge in [0.25, 0.3) is 0 Å². The second kappa shape index (κ2) is 11.1. The zero-order valence-electron chi connectivity index (χ0n) is 23.2. The number of halogens is 1. The molecule has 1 amide bonds. The van der Waals surface area contributed by atoms with Crippen LogP contribution in [0.3, 0.4) is 0 Å². The Kier molecular flexibility index (Phi) is 8.91. The summed E-state index contributed by atoms with van der Waals surface area (Å²) in [5.41, 5.74) is -0.218. The van der Waals surface area contributed by atoms with Gasteiger partial charge in [0, 0.05) is 24.3 Å². The third kappa shape index (κ3) is 7.48. The molecule has 3 rings (SSSR count). The molecule has 1 fully saturated rings. The highest BCUT2D eigenvalue weighted by Crippen LogP contribution is 2.42. The molecule has 1 unspecified atom stereocenters. The lowest BCUT2D eigenvalue weighted by Gasteiger charge is -2.39. The average Bonchev–Trinajstić information content (AvgIpc) is 3.27. The van der Waals surface area contributed by atoms with E-state index in [1.165, 1.54) is 6.07 Å². The van der Waals surface area contributed by atoms with Crippen molar-refractivity contribution < 1.29 is 36.2 Å². The average molecular weight is 572 g/mol. The predicted molar refractivity (Wildman–Crippen MR) is 144 cm³/mol. The van der Waals surface area contributed by atoms with E-state index in [1.54, 1.807) is 39.2 Å². The van der Waals surface area contributed by atoms with Crippen molar-refractivity contribution in [1.82, 2.24) is 14.4 Å². The number of fused-ring (bicyclic) bond motifs is 1. The van der Waals surface area contributed by atoms with E-state index < -0.39 is 48.4 Å². The summed E-state index contributed by atoms with van der Waals surface area (Å²) in [4.78, 5) is 16.3. The second-order valence-electron chi connectivity index (χ2n) is 11.7. The summed E-state index contributed by atoms with van der Waals surface area (Å²) < 4.78 is 68.0. The van der Waals surface area contributed by atoms with E-state index in [0.717, 1.165) is 0 Å². The van der Waals surface area contributed by atoms with Crippen molar-refractivity contribution in [3.05, 3.63) is 41.5 Å². The van der Waals surface area contributed by atoms with Gasteiger partial charge < -0.3 is 18.6 Å². The molecule has 1 saturated heterocycles. The summed E-state index contributed by atoms with van der Waals surface area (Å²) in [6.45, 7) is 15.4. The van der Waals surface area contributed by atoms with Crippen LogP contribution in [0.1, 0.15) is 65.1 Å². The lowest BCUT2D eigenvalue weighted by Crippen LogP contribution is -2.47. The highest BCUT2D eigenvalue weighted by atomic mass is 32.2. The first-order chi connectivity index (χ1) is 17.4. The van der Waals surface area contributed by atoms with Crippen molar-refractivity contribution in [3.63, 3.8) is 0 Å². The van der Waals surface area contributed by atoms with E-state index in [4.69, 9.17) is 18.6 Å². The van der Waals surface area contributed by atoms with Gasteiger partial charge >= 0.3 is 16.3 Å². The lowest BCUT2D eigenvalue weighted by atomic mass is 9.97. The fourth-order valence-electron chi connectivity index (χ4n) is 3.69. The quantitative estimate of drug-likeness (QED) is 0.431. The molecule has 10 nitrogen and oxygen atoms in total. The molecule has 0 bridgehead atoms. The van der Waals surface area contributed by atoms with Crippen LogP contribution in [-0.2, 0) is 28.8 Å². The van der Waals surface area contributed by atoms with Crippen LogP contribution in [0.2, 0.25) is 18.1 Å². The molecule has 38 heavy (non-hydrogen) atoms. The molecule has 13 heteroatoms. The number of hydrogen-bond acceptors (Lipinski definition) is 8. The molecule has 2 N–H and O–H groups in total. The van der Waals surface area contributed by atoms with Crippen LogP contribution in [0.15, 0.2) is 24.5 Å². The minimum Gasteiger partial charge on any atom is -0.443 e. The Morgan fingerprint density at radius 2 is 1.82 bits per heavy atom. The Bertz CT molecular complexity index is 1270. The van der Waals surface area contributed by atoms with Crippen molar-refractivity contribution in [2.75, 3.05) is 19.8 Å². The number of ether oxygens (including phenoxy) is 3. The van der Waals surface area contributed by atoms with Crippen molar-refractivity contribution in [1.29, 1.82) is 0 Å². The number of amides is 1. The first-order valence-corrected chi connectivity index (χ1v) is 16.8. The van der Waals surface area contributed by atoms with Crippen LogP contribution in [0, 0.1) is 5.82 Å². The van der Waals surface area contributed by atoms with Crippen molar-refractivity contribution in [2.24, 2.45) is 0 Å². The number of aromatic nitrogens is 1. The van der Waals surface area contributed by atoms with Gasteiger partial charge in [-0.1, -0.05) is 20.8 Å². The summed E-state index contributed by atoms with van der Waals surface area (Å²) in [5, 5.41) is 0.878. The molecule has 1 aliphatic rings. The standard InChI is InChI=1S/C25H38FN3O7SSi/c1-24(2,3)35-23(30)29-37(31,32)28-15-20(36-38(7,8)25(4,5)6)17-13-19(26)21(22-33-11-12-34-22)16-9-10-27-14-18(16)17/h9-10,13-14,20,22,28H,11-12,15H2,1-8H3,(H,29,30). The fraction of sp³-hybridized carbons (Fsp3) is 0.600. The maximum Gasteiger partial charge on any atom is 0.422 e. The fourth-order valence-corrected chi connectivity index (χ4v) is 5.67. The van der Waals surface area contributed by atoms with Gasteiger partial charge in [-0.2, -0.15) is 13.1 Å². The maximum absolute atomic E-state index is 15.6. The van der Waals surface area contributed by atoms with Crippen LogP contribution in [-0.4, -0.2) is 53.2 Å². The molecule has 1 atom stereocenters. The first kappa shape index (κ1) is 30.4. The SMILES string of the molecule is CC(C)(C)OC(=O)NS(=O)(=O)NCC(O[Si](C)(C)C(C)(C)C)c1cc(F)c(C2OCCO2)c2ccncc12. The molecule has 0 spiro atoms. The predicted octanol–water partition coefficient (Wildman–Crippen LogP) is 4.84. The molecule has 0 aliphatic carbocycles. The molecular weight excluding hydrogens is 533 g/mol. The molecule has 0 saturated carbocycles. The second-order valence-corrected chi connectivity index (χ2v) is 17.9. The largest absolute Gasteiger partial charge is 0.443 e. The van der Waals surface area contributed by atoms with E-state index in [2.05, 4.69) is 9.71 Å². The number of nitrogens with one attached hydrogen (secondary N) is 2. The van der Waals surface area contributed by atoms with Gasteiger partial charge in [0.2, 0.25) is 0 Å². The Morgan fingerprint density at radius 3 is 2.39 bits per heavy atom. The molecular formula is C25H38FN3O7SSi. The van der Waals surface area contributed by atoms with E-state index in [-0.39, 0.29) is 17.1 Å². The summed E-state index contributed by atoms with van der Waals surface area (Å²) in [6, 6.07) is 2.98. The summed E-state index contributed by atoms with van der Waals surface area (Å²) in [7, 11) is -6.81. The maximum atomic E-state index is 15.6. The van der Waals surface area contributed by atoms with Crippen molar-refractivity contribution in [3.8, 4) is 0 Å². The summed E-state index contributed by atoms with van der Waals surface area (Å²) >= 11 is 0.